The summed E-state index contributed by atoms with van der Waals surface area (Å²) in [5.41, 5.74) is 11.1. The molecule has 0 saturated heterocycles. The van der Waals surface area contributed by atoms with E-state index in [0.29, 0.717) is 43.0 Å². The van der Waals surface area contributed by atoms with Gasteiger partial charge in [-0.15, -0.1) is 0 Å². The molecule has 4 N–H and O–H groups in total. The Balaban J connectivity index is 1.44. The second-order valence-electron chi connectivity index (χ2n) is 8.91. The number of carbonyl (C=O) groups excluding carboxylic acids is 2. The van der Waals surface area contributed by atoms with Crippen LogP contribution < -0.4 is 16.4 Å². The lowest BCUT2D eigenvalue weighted by Gasteiger charge is -2.12. The van der Waals surface area contributed by atoms with E-state index in [0.717, 1.165) is 33.4 Å². The summed E-state index contributed by atoms with van der Waals surface area (Å²) < 4.78 is 12.6. The second-order valence-corrected chi connectivity index (χ2v) is 8.91. The van der Waals surface area contributed by atoms with Crippen molar-refractivity contribution >= 4 is 39.8 Å². The Kier molecular flexibility index (Phi) is 8.55. The highest BCUT2D eigenvalue weighted by Gasteiger charge is 2.17. The average Bonchev–Trinajstić information content (AvgIpc) is 3.28. The third-order valence-electron chi connectivity index (χ3n) is 6.03. The van der Waals surface area contributed by atoms with E-state index in [-0.39, 0.29) is 19.1 Å². The number of pyridine rings is 1. The zero-order chi connectivity index (χ0) is 27.1. The van der Waals surface area contributed by atoms with E-state index in [1.807, 2.05) is 48.5 Å². The van der Waals surface area contributed by atoms with E-state index in [1.54, 1.807) is 14.0 Å². The third-order valence-corrected chi connectivity index (χ3v) is 6.03. The maximum absolute atomic E-state index is 12.0. The van der Waals surface area contributed by atoms with Crippen molar-refractivity contribution in [1.82, 2.24) is 25.2 Å². The average molecular weight is 517 g/mol. The monoisotopic (exact) mass is 516 g/mol. The number of ether oxygens (including phenoxy) is 2. The van der Waals surface area contributed by atoms with Crippen LogP contribution in [-0.4, -0.2) is 53.4 Å². The molecule has 4 aromatic rings. The molecule has 0 bridgehead atoms. The molecule has 0 fully saturated rings. The van der Waals surface area contributed by atoms with Gasteiger partial charge in [0.15, 0.2) is 5.82 Å². The van der Waals surface area contributed by atoms with Crippen LogP contribution in [0.2, 0.25) is 0 Å². The number of amides is 2. The van der Waals surface area contributed by atoms with Crippen LogP contribution in [0.25, 0.3) is 21.9 Å². The fraction of sp³-hybridized carbons (Fsp3) is 0.286. The smallest absolute Gasteiger partial charge is 0.407 e. The zero-order valence-corrected chi connectivity index (χ0v) is 21.6. The van der Waals surface area contributed by atoms with Gasteiger partial charge in [0.25, 0.3) is 0 Å². The number of imidazole rings is 1. The molecule has 0 atom stereocenters. The van der Waals surface area contributed by atoms with Gasteiger partial charge in [-0.3, -0.25) is 4.79 Å². The van der Waals surface area contributed by atoms with Crippen LogP contribution >= 0.6 is 0 Å². The van der Waals surface area contributed by atoms with Crippen molar-refractivity contribution in [2.75, 3.05) is 32.6 Å². The molecule has 2 amide bonds. The highest BCUT2D eigenvalue weighted by Crippen LogP contribution is 2.29. The van der Waals surface area contributed by atoms with Crippen molar-refractivity contribution in [3.05, 3.63) is 77.6 Å². The molecule has 0 saturated carbocycles. The summed E-state index contributed by atoms with van der Waals surface area (Å²) in [6.07, 6.45) is 0.0873. The molecular formula is C28H32N6O4. The number of benzene rings is 2. The molecule has 2 heterocycles. The van der Waals surface area contributed by atoms with Gasteiger partial charge in [0.05, 0.1) is 24.2 Å². The van der Waals surface area contributed by atoms with Crippen LogP contribution in [0, 0.1) is 0 Å². The first-order valence-electron chi connectivity index (χ1n) is 12.3. The SMILES string of the molecule is C=C(C)C(=O)NCCOC(=O)NCc1ccc(Cn2c(CCOC)nc3c(N)nc4ccccc4c32)cc1. The number of alkyl carbamates (subject to hydrolysis) is 1. The molecule has 4 rings (SSSR count). The molecule has 0 aliphatic heterocycles. The number of aromatic nitrogens is 3. The summed E-state index contributed by atoms with van der Waals surface area (Å²) in [6, 6.07) is 15.9. The largest absolute Gasteiger partial charge is 0.448 e. The van der Waals surface area contributed by atoms with E-state index < -0.39 is 6.09 Å². The third kappa shape index (κ3) is 6.27. The molecule has 0 spiro atoms. The van der Waals surface area contributed by atoms with Crippen LogP contribution in [0.1, 0.15) is 23.9 Å². The summed E-state index contributed by atoms with van der Waals surface area (Å²) in [6.45, 7) is 6.91. The van der Waals surface area contributed by atoms with Crippen molar-refractivity contribution in [3.8, 4) is 0 Å². The maximum Gasteiger partial charge on any atom is 0.407 e. The summed E-state index contributed by atoms with van der Waals surface area (Å²) >= 11 is 0. The van der Waals surface area contributed by atoms with Crippen LogP contribution in [0.5, 0.6) is 0 Å². The van der Waals surface area contributed by atoms with Gasteiger partial charge in [-0.2, -0.15) is 0 Å². The quantitative estimate of drug-likeness (QED) is 0.206. The van der Waals surface area contributed by atoms with E-state index in [9.17, 15) is 9.59 Å². The van der Waals surface area contributed by atoms with Crippen molar-refractivity contribution in [3.63, 3.8) is 0 Å². The summed E-state index contributed by atoms with van der Waals surface area (Å²) in [5, 5.41) is 6.32. The second kappa shape index (κ2) is 12.2. The number of nitrogens with two attached hydrogens (primary N) is 1. The summed E-state index contributed by atoms with van der Waals surface area (Å²) in [5.74, 6) is 1.01. The maximum atomic E-state index is 12.0. The molecule has 198 valence electrons. The Bertz CT molecular complexity index is 1460. The van der Waals surface area contributed by atoms with Crippen LogP contribution in [0.4, 0.5) is 10.6 Å². The molecule has 0 aliphatic rings. The number of nitrogens with one attached hydrogen (secondary N) is 2. The predicted octanol–water partition coefficient (Wildman–Crippen LogP) is 3.32. The zero-order valence-electron chi connectivity index (χ0n) is 21.6. The number of nitrogen functional groups attached to an aromatic ring is 1. The Morgan fingerprint density at radius 2 is 1.76 bits per heavy atom. The first kappa shape index (κ1) is 26.6. The summed E-state index contributed by atoms with van der Waals surface area (Å²) in [7, 11) is 1.67. The van der Waals surface area contributed by atoms with E-state index in [2.05, 4.69) is 26.8 Å². The van der Waals surface area contributed by atoms with Crippen LogP contribution in [0.15, 0.2) is 60.7 Å². The number of carbonyl (C=O) groups is 2. The lowest BCUT2D eigenvalue weighted by atomic mass is 10.1. The Hall–Kier alpha value is -4.44. The van der Waals surface area contributed by atoms with Crippen molar-refractivity contribution in [2.45, 2.75) is 26.4 Å². The molecule has 10 nitrogen and oxygen atoms in total. The molecular weight excluding hydrogens is 484 g/mol. The standard InChI is InChI=1S/C28H32N6O4/c1-18(2)27(35)30-13-15-38-28(36)31-16-19-8-10-20(11-9-19)17-34-23(12-14-37-3)33-24-25(34)21-6-4-5-7-22(21)32-26(24)29/h4-11H,1,12-17H2,2-3H3,(H2,29,32)(H,30,35)(H,31,36). The number of rotatable bonds is 11. The Morgan fingerprint density at radius 1 is 1.03 bits per heavy atom. The lowest BCUT2D eigenvalue weighted by molar-refractivity contribution is -0.117. The normalized spacial score (nSPS) is 11.0. The summed E-state index contributed by atoms with van der Waals surface area (Å²) in [4.78, 5) is 32.8. The van der Waals surface area contributed by atoms with Gasteiger partial charge in [-0.05, 0) is 24.1 Å². The number of hydrogen-bond donors (Lipinski definition) is 3. The first-order chi connectivity index (χ1) is 18.4. The molecule has 10 heteroatoms. The molecule has 38 heavy (non-hydrogen) atoms. The highest BCUT2D eigenvalue weighted by molar-refractivity contribution is 6.06. The van der Waals surface area contributed by atoms with Crippen molar-refractivity contribution < 1.29 is 19.1 Å². The Morgan fingerprint density at radius 3 is 2.50 bits per heavy atom. The number of methoxy groups -OCH3 is 1. The fourth-order valence-electron chi connectivity index (χ4n) is 4.09. The van der Waals surface area contributed by atoms with E-state index in [1.165, 1.54) is 0 Å². The van der Waals surface area contributed by atoms with Gasteiger partial charge in [0.2, 0.25) is 5.91 Å². The van der Waals surface area contributed by atoms with Gasteiger partial charge in [-0.25, -0.2) is 14.8 Å². The van der Waals surface area contributed by atoms with E-state index >= 15 is 0 Å². The minimum absolute atomic E-state index is 0.0722. The van der Waals surface area contributed by atoms with Gasteiger partial charge >= 0.3 is 6.09 Å². The fourth-order valence-corrected chi connectivity index (χ4v) is 4.09. The van der Waals surface area contributed by atoms with Gasteiger partial charge in [0, 0.05) is 37.6 Å². The topological polar surface area (TPSA) is 133 Å². The number of fused-ring (bicyclic) bond motifs is 3. The first-order valence-corrected chi connectivity index (χ1v) is 12.3. The number of para-hydroxylation sites is 1. The van der Waals surface area contributed by atoms with Gasteiger partial charge in [-0.1, -0.05) is 49.0 Å². The molecule has 0 aliphatic carbocycles. The van der Waals surface area contributed by atoms with Crippen LogP contribution in [0.3, 0.4) is 0 Å². The van der Waals surface area contributed by atoms with Crippen molar-refractivity contribution in [1.29, 1.82) is 0 Å². The lowest BCUT2D eigenvalue weighted by Crippen LogP contribution is -2.31. The highest BCUT2D eigenvalue weighted by atomic mass is 16.5. The van der Waals surface area contributed by atoms with E-state index in [4.69, 9.17) is 20.2 Å². The Labute approximate surface area is 220 Å². The molecule has 2 aromatic heterocycles. The molecule has 0 unspecified atom stereocenters. The minimum Gasteiger partial charge on any atom is -0.448 e. The number of anilines is 1. The number of hydrogen-bond acceptors (Lipinski definition) is 7. The molecule has 0 radical (unpaired) electrons. The number of nitrogens with zero attached hydrogens (tertiary/aromatic N) is 3. The van der Waals surface area contributed by atoms with Crippen LogP contribution in [-0.2, 0) is 33.8 Å². The molecule has 2 aromatic carbocycles. The van der Waals surface area contributed by atoms with Gasteiger partial charge < -0.3 is 30.4 Å². The minimum atomic E-state index is -0.551. The predicted molar refractivity (Wildman–Crippen MR) is 147 cm³/mol. The van der Waals surface area contributed by atoms with Crippen molar-refractivity contribution in [2.24, 2.45) is 0 Å². The van der Waals surface area contributed by atoms with Gasteiger partial charge in [0.1, 0.15) is 17.9 Å².